The Morgan fingerprint density at radius 2 is 0.857 bits per heavy atom. The Kier molecular flexibility index (Phi) is 1.16. The van der Waals surface area contributed by atoms with Gasteiger partial charge >= 0.3 is 0 Å². The minimum absolute atomic E-state index is 1.07. The second kappa shape index (κ2) is 2.60. The van der Waals surface area contributed by atoms with E-state index < -0.39 is 0 Å². The Labute approximate surface area is 120 Å². The number of hydrogen-bond acceptors (Lipinski definition) is 0. The molecular weight excluding hydrogens is 252 g/mol. The lowest BCUT2D eigenvalue weighted by molar-refractivity contribution is 1.28. The SMILES string of the molecule is [c-]1c2ccc3c4c5c(ccc6[c-]c7ccc1c(c24)c7c65)C3. The van der Waals surface area contributed by atoms with Gasteiger partial charge in [0.25, 0.3) is 0 Å². The average Bonchev–Trinajstić information content (AvgIpc) is 3.14. The molecule has 0 atom stereocenters. The molecule has 1 aliphatic carbocycles. The third kappa shape index (κ3) is 0.787. The van der Waals surface area contributed by atoms with Gasteiger partial charge in [-0.3, -0.25) is 0 Å². The first kappa shape index (κ1) is 9.36. The molecule has 0 radical (unpaired) electrons. The molecule has 0 amide bonds. The highest BCUT2D eigenvalue weighted by molar-refractivity contribution is 6.43. The van der Waals surface area contributed by atoms with Crippen molar-refractivity contribution in [1.82, 2.24) is 0 Å². The van der Waals surface area contributed by atoms with E-state index in [0.29, 0.717) is 0 Å². The summed E-state index contributed by atoms with van der Waals surface area (Å²) in [6.07, 6.45) is 1.07. The molecule has 6 aromatic carbocycles. The molecule has 0 saturated heterocycles. The predicted octanol–water partition coefficient (Wildman–Crippen LogP) is 5.27. The van der Waals surface area contributed by atoms with Crippen molar-refractivity contribution < 1.29 is 0 Å². The molecule has 0 bridgehead atoms. The van der Waals surface area contributed by atoms with Crippen LogP contribution in [0.3, 0.4) is 0 Å². The zero-order valence-electron chi connectivity index (χ0n) is 11.2. The minimum Gasteiger partial charge on any atom is -0.153 e. The van der Waals surface area contributed by atoms with Crippen LogP contribution in [-0.2, 0) is 6.42 Å². The van der Waals surface area contributed by atoms with Crippen LogP contribution in [0.4, 0.5) is 0 Å². The van der Waals surface area contributed by atoms with Gasteiger partial charge in [-0.15, -0.1) is 67.4 Å². The summed E-state index contributed by atoms with van der Waals surface area (Å²) in [5.74, 6) is 0. The lowest BCUT2D eigenvalue weighted by Crippen LogP contribution is -1.80. The fourth-order valence-electron chi connectivity index (χ4n) is 4.71. The summed E-state index contributed by atoms with van der Waals surface area (Å²) in [6, 6.07) is 20.7. The monoisotopic (exact) mass is 260 g/mol. The van der Waals surface area contributed by atoms with E-state index in [1.807, 2.05) is 0 Å². The lowest BCUT2D eigenvalue weighted by Gasteiger charge is -2.17. The molecule has 0 aliphatic heterocycles. The lowest BCUT2D eigenvalue weighted by atomic mass is 9.95. The van der Waals surface area contributed by atoms with Gasteiger partial charge in [0, 0.05) is 0 Å². The summed E-state index contributed by atoms with van der Waals surface area (Å²) in [6.45, 7) is 0. The van der Waals surface area contributed by atoms with Crippen LogP contribution < -0.4 is 0 Å². The molecular formula is C21H8-2. The predicted molar refractivity (Wildman–Crippen MR) is 88.0 cm³/mol. The van der Waals surface area contributed by atoms with Gasteiger partial charge in [0.05, 0.1) is 0 Å². The van der Waals surface area contributed by atoms with Gasteiger partial charge in [-0.2, -0.15) is 12.1 Å². The van der Waals surface area contributed by atoms with Crippen molar-refractivity contribution in [2.24, 2.45) is 0 Å². The Bertz CT molecular complexity index is 1230. The Hall–Kier alpha value is -2.60. The van der Waals surface area contributed by atoms with Gasteiger partial charge in [0.15, 0.2) is 0 Å². The van der Waals surface area contributed by atoms with Crippen molar-refractivity contribution in [2.45, 2.75) is 6.42 Å². The van der Waals surface area contributed by atoms with Crippen molar-refractivity contribution in [3.63, 3.8) is 0 Å². The summed E-state index contributed by atoms with van der Waals surface area (Å²) in [5.41, 5.74) is 2.96. The van der Waals surface area contributed by atoms with Crippen LogP contribution in [0.25, 0.3) is 53.9 Å². The maximum atomic E-state index is 3.61. The summed E-state index contributed by atoms with van der Waals surface area (Å²) >= 11 is 0. The van der Waals surface area contributed by atoms with Crippen molar-refractivity contribution in [3.05, 3.63) is 59.7 Å². The first-order valence-electron chi connectivity index (χ1n) is 7.44. The first-order valence-corrected chi connectivity index (χ1v) is 7.44. The Morgan fingerprint density at radius 3 is 1.33 bits per heavy atom. The molecule has 6 aromatic rings. The summed E-state index contributed by atoms with van der Waals surface area (Å²) in [4.78, 5) is 0. The molecule has 0 heteroatoms. The van der Waals surface area contributed by atoms with Gasteiger partial charge in [-0.25, -0.2) is 0 Å². The van der Waals surface area contributed by atoms with E-state index in [0.717, 1.165) is 6.42 Å². The summed E-state index contributed by atoms with van der Waals surface area (Å²) in [7, 11) is 0. The van der Waals surface area contributed by atoms with E-state index >= 15 is 0 Å². The van der Waals surface area contributed by atoms with Gasteiger partial charge in [-0.05, 0) is 6.42 Å². The van der Waals surface area contributed by atoms with E-state index in [1.54, 1.807) is 0 Å². The van der Waals surface area contributed by atoms with Crippen molar-refractivity contribution in [3.8, 4) is 0 Å². The van der Waals surface area contributed by atoms with Crippen LogP contribution in [0.15, 0.2) is 36.4 Å². The fraction of sp³-hybridized carbons (Fsp3) is 0.0476. The molecule has 0 N–H and O–H groups in total. The third-order valence-corrected chi connectivity index (χ3v) is 5.46. The maximum Gasteiger partial charge on any atom is -0.00396 e. The molecule has 94 valence electrons. The minimum atomic E-state index is 1.07. The molecule has 21 heavy (non-hydrogen) atoms. The standard InChI is InChI=1S/C21H8/c1-2-11-8-13-5-6-15-9-14-4-3-12-7-10(1)16-17(11)19(13)21(15)20(14)18(12)16/h1-6H,7H2/q-2. The molecule has 0 heterocycles. The zero-order valence-corrected chi connectivity index (χ0v) is 11.2. The van der Waals surface area contributed by atoms with Crippen molar-refractivity contribution in [1.29, 1.82) is 0 Å². The number of benzene rings is 4. The second-order valence-electron chi connectivity index (χ2n) is 6.38. The molecule has 1 aliphatic rings. The van der Waals surface area contributed by atoms with Crippen LogP contribution >= 0.6 is 0 Å². The largest absolute Gasteiger partial charge is 0.153 e. The number of hydrogen-bond donors (Lipinski definition) is 0. The highest BCUT2D eigenvalue weighted by atomic mass is 14.3. The van der Waals surface area contributed by atoms with E-state index in [2.05, 4.69) is 48.5 Å². The van der Waals surface area contributed by atoms with Crippen LogP contribution in [0, 0.1) is 12.1 Å². The second-order valence-corrected chi connectivity index (χ2v) is 6.38. The Balaban J connectivity index is 2.13. The quantitative estimate of drug-likeness (QED) is 0.257. The van der Waals surface area contributed by atoms with Crippen molar-refractivity contribution in [2.75, 3.05) is 0 Å². The van der Waals surface area contributed by atoms with Crippen molar-refractivity contribution >= 4 is 53.9 Å². The fourth-order valence-corrected chi connectivity index (χ4v) is 4.71. The maximum absolute atomic E-state index is 3.61. The molecule has 7 rings (SSSR count). The molecule has 0 unspecified atom stereocenters. The zero-order chi connectivity index (χ0) is 13.3. The van der Waals surface area contributed by atoms with E-state index in [9.17, 15) is 0 Å². The normalized spacial score (nSPS) is 14.5. The molecule has 0 fully saturated rings. The van der Waals surface area contributed by atoms with Gasteiger partial charge in [0.2, 0.25) is 0 Å². The number of rotatable bonds is 0. The van der Waals surface area contributed by atoms with E-state index in [-0.39, 0.29) is 0 Å². The molecule has 0 nitrogen and oxygen atoms in total. The molecule has 0 spiro atoms. The van der Waals surface area contributed by atoms with E-state index in [4.69, 9.17) is 0 Å². The summed E-state index contributed by atoms with van der Waals surface area (Å²) < 4.78 is 0. The topological polar surface area (TPSA) is 0 Å². The molecule has 0 saturated carbocycles. The third-order valence-electron chi connectivity index (χ3n) is 5.46. The van der Waals surface area contributed by atoms with Gasteiger partial charge < -0.3 is 0 Å². The smallest absolute Gasteiger partial charge is 0.00396 e. The Morgan fingerprint density at radius 1 is 0.476 bits per heavy atom. The highest BCUT2D eigenvalue weighted by Crippen LogP contribution is 2.51. The molecule has 0 aromatic heterocycles. The van der Waals surface area contributed by atoms with Gasteiger partial charge in [-0.1, -0.05) is 34.0 Å². The van der Waals surface area contributed by atoms with E-state index in [1.165, 1.54) is 65.0 Å². The van der Waals surface area contributed by atoms with Crippen LogP contribution in [0.1, 0.15) is 11.1 Å². The highest BCUT2D eigenvalue weighted by Gasteiger charge is 2.18. The van der Waals surface area contributed by atoms with Crippen LogP contribution in [0.5, 0.6) is 0 Å². The van der Waals surface area contributed by atoms with Crippen LogP contribution in [-0.4, -0.2) is 0 Å². The first-order chi connectivity index (χ1) is 10.4. The van der Waals surface area contributed by atoms with Crippen LogP contribution in [0.2, 0.25) is 0 Å². The average molecular weight is 260 g/mol. The summed E-state index contributed by atoms with van der Waals surface area (Å²) in [5, 5.41) is 13.7. The van der Waals surface area contributed by atoms with Gasteiger partial charge in [0.1, 0.15) is 0 Å².